The molecule has 0 saturated heterocycles. The number of hydrogen-bond acceptors (Lipinski definition) is 7. The second kappa shape index (κ2) is 6.61. The molecule has 0 unspecified atom stereocenters. The predicted octanol–water partition coefficient (Wildman–Crippen LogP) is 2.25. The third kappa shape index (κ3) is 3.47. The Morgan fingerprint density at radius 2 is 1.74 bits per heavy atom. The van der Waals surface area contributed by atoms with Crippen LogP contribution in [0.3, 0.4) is 0 Å². The van der Waals surface area contributed by atoms with Crippen molar-refractivity contribution in [3.05, 3.63) is 52.4 Å². The normalized spacial score (nSPS) is 13.0. The summed E-state index contributed by atoms with van der Waals surface area (Å²) in [6.45, 7) is 2.79. The largest absolute Gasteiger partial charge is 0.508 e. The maximum absolute atomic E-state index is 12.9. The van der Waals surface area contributed by atoms with Gasteiger partial charge in [0.2, 0.25) is 5.43 Å². The number of phenols is 3. The van der Waals surface area contributed by atoms with E-state index in [1.807, 2.05) is 0 Å². The number of aromatic hydroxyl groups is 3. The van der Waals surface area contributed by atoms with Gasteiger partial charge in [-0.3, -0.25) is 4.79 Å². The first kappa shape index (κ1) is 18.8. The van der Waals surface area contributed by atoms with E-state index in [1.54, 1.807) is 0 Å². The lowest BCUT2D eigenvalue weighted by Crippen LogP contribution is -2.37. The highest BCUT2D eigenvalue weighted by molar-refractivity contribution is 5.89. The van der Waals surface area contributed by atoms with Crippen molar-refractivity contribution in [1.29, 1.82) is 0 Å². The van der Waals surface area contributed by atoms with Crippen molar-refractivity contribution >= 4 is 11.0 Å². The van der Waals surface area contributed by atoms with E-state index in [4.69, 9.17) is 4.42 Å². The number of fused-ring (bicyclic) bond motifs is 1. The van der Waals surface area contributed by atoms with Crippen LogP contribution in [0.1, 0.15) is 19.4 Å². The summed E-state index contributed by atoms with van der Waals surface area (Å²) in [4.78, 5) is 12.9. The summed E-state index contributed by atoms with van der Waals surface area (Å²) in [5, 5.41) is 50.0. The molecule has 7 nitrogen and oxygen atoms in total. The standard InChI is InChI=1S/C20H20O7/c1-20(2,26)16(23)7-12-14(22)8-15-17(18(12)24)19(25)13(9-27-15)10-3-5-11(21)6-4-10/h3-6,8-9,16,21-24,26H,7H2,1-2H3/t16-/m0/s1. The quantitative estimate of drug-likeness (QED) is 0.475. The van der Waals surface area contributed by atoms with Crippen molar-refractivity contribution in [1.82, 2.24) is 0 Å². The van der Waals surface area contributed by atoms with Crippen LogP contribution in [-0.2, 0) is 6.42 Å². The molecule has 3 aromatic rings. The Morgan fingerprint density at radius 1 is 1.11 bits per heavy atom. The fraction of sp³-hybridized carbons (Fsp3) is 0.250. The Hall–Kier alpha value is -3.03. The molecule has 3 rings (SSSR count). The summed E-state index contributed by atoms with van der Waals surface area (Å²) >= 11 is 0. The molecule has 0 radical (unpaired) electrons. The zero-order valence-corrected chi connectivity index (χ0v) is 14.8. The first-order valence-electron chi connectivity index (χ1n) is 8.28. The molecule has 7 heteroatoms. The van der Waals surface area contributed by atoms with Gasteiger partial charge in [-0.2, -0.15) is 0 Å². The Balaban J connectivity index is 2.19. The Morgan fingerprint density at radius 3 is 2.33 bits per heavy atom. The van der Waals surface area contributed by atoms with Crippen LogP contribution in [0, 0.1) is 0 Å². The zero-order valence-electron chi connectivity index (χ0n) is 14.8. The molecule has 1 heterocycles. The summed E-state index contributed by atoms with van der Waals surface area (Å²) in [7, 11) is 0. The minimum Gasteiger partial charge on any atom is -0.508 e. The fourth-order valence-corrected chi connectivity index (χ4v) is 2.78. The molecule has 1 atom stereocenters. The maximum Gasteiger partial charge on any atom is 0.204 e. The van der Waals surface area contributed by atoms with Gasteiger partial charge in [-0.1, -0.05) is 12.1 Å². The van der Waals surface area contributed by atoms with Gasteiger partial charge in [-0.25, -0.2) is 0 Å². The molecule has 0 amide bonds. The summed E-state index contributed by atoms with van der Waals surface area (Å²) in [6.07, 6.45) is -0.333. The average molecular weight is 372 g/mol. The molecule has 142 valence electrons. The molecule has 2 aromatic carbocycles. The van der Waals surface area contributed by atoms with Gasteiger partial charge in [-0.15, -0.1) is 0 Å². The molecular formula is C20H20O7. The van der Waals surface area contributed by atoms with Crippen LogP contribution in [0.5, 0.6) is 17.2 Å². The average Bonchev–Trinajstić information content (AvgIpc) is 2.58. The molecular weight excluding hydrogens is 352 g/mol. The first-order valence-corrected chi connectivity index (χ1v) is 8.28. The van der Waals surface area contributed by atoms with E-state index in [2.05, 4.69) is 0 Å². The van der Waals surface area contributed by atoms with Crippen LogP contribution in [0.4, 0.5) is 0 Å². The number of phenolic OH excluding ortho intramolecular Hbond substituents is 3. The van der Waals surface area contributed by atoms with Crippen LogP contribution < -0.4 is 5.43 Å². The Kier molecular flexibility index (Phi) is 4.59. The highest BCUT2D eigenvalue weighted by Gasteiger charge is 2.28. The molecule has 0 saturated carbocycles. The highest BCUT2D eigenvalue weighted by Crippen LogP contribution is 2.36. The van der Waals surface area contributed by atoms with E-state index in [9.17, 15) is 30.3 Å². The number of aliphatic hydroxyl groups is 2. The van der Waals surface area contributed by atoms with E-state index >= 15 is 0 Å². The molecule has 0 aliphatic heterocycles. The van der Waals surface area contributed by atoms with Gasteiger partial charge in [0.05, 0.1) is 17.3 Å². The number of hydrogen-bond donors (Lipinski definition) is 5. The van der Waals surface area contributed by atoms with E-state index in [-0.39, 0.29) is 40.0 Å². The van der Waals surface area contributed by atoms with Crippen molar-refractivity contribution < 1.29 is 29.9 Å². The Bertz CT molecular complexity index is 1040. The van der Waals surface area contributed by atoms with Crippen molar-refractivity contribution in [3.8, 4) is 28.4 Å². The smallest absolute Gasteiger partial charge is 0.204 e. The number of benzene rings is 2. The molecule has 27 heavy (non-hydrogen) atoms. The first-order chi connectivity index (χ1) is 12.6. The third-order valence-corrected chi connectivity index (χ3v) is 4.51. The third-order valence-electron chi connectivity index (χ3n) is 4.51. The van der Waals surface area contributed by atoms with Gasteiger partial charge in [0.1, 0.15) is 34.5 Å². The lowest BCUT2D eigenvalue weighted by molar-refractivity contribution is -0.0472. The lowest BCUT2D eigenvalue weighted by atomic mass is 9.93. The van der Waals surface area contributed by atoms with Gasteiger partial charge < -0.3 is 29.9 Å². The van der Waals surface area contributed by atoms with Crippen LogP contribution in [0.2, 0.25) is 0 Å². The van der Waals surface area contributed by atoms with Crippen LogP contribution in [0.25, 0.3) is 22.1 Å². The van der Waals surface area contributed by atoms with Crippen molar-refractivity contribution in [2.24, 2.45) is 0 Å². The molecule has 1 aromatic heterocycles. The second-order valence-corrected chi connectivity index (χ2v) is 6.99. The second-order valence-electron chi connectivity index (χ2n) is 6.99. The Labute approximate surface area is 154 Å². The summed E-state index contributed by atoms with van der Waals surface area (Å²) in [5.41, 5.74) is -1.43. The monoisotopic (exact) mass is 372 g/mol. The van der Waals surface area contributed by atoms with Gasteiger partial charge in [0.25, 0.3) is 0 Å². The molecule has 0 fully saturated rings. The number of aliphatic hydroxyl groups excluding tert-OH is 1. The van der Waals surface area contributed by atoms with Gasteiger partial charge >= 0.3 is 0 Å². The maximum atomic E-state index is 12.9. The highest BCUT2D eigenvalue weighted by atomic mass is 16.3. The van der Waals surface area contributed by atoms with Crippen molar-refractivity contribution in [2.45, 2.75) is 32.0 Å². The molecule has 0 aliphatic carbocycles. The molecule has 5 N–H and O–H groups in total. The van der Waals surface area contributed by atoms with Crippen molar-refractivity contribution in [2.75, 3.05) is 0 Å². The molecule has 0 aliphatic rings. The lowest BCUT2D eigenvalue weighted by Gasteiger charge is -2.25. The molecule has 0 spiro atoms. The van der Waals surface area contributed by atoms with Gasteiger partial charge in [0.15, 0.2) is 0 Å². The van der Waals surface area contributed by atoms with Crippen LogP contribution in [0.15, 0.2) is 45.8 Å². The summed E-state index contributed by atoms with van der Waals surface area (Å²) < 4.78 is 5.40. The summed E-state index contributed by atoms with van der Waals surface area (Å²) in [5.74, 6) is -0.828. The molecule has 0 bridgehead atoms. The SMILES string of the molecule is CC(C)(O)[C@@H](O)Cc1c(O)cc2occ(-c3ccc(O)cc3)c(=O)c2c1O. The zero-order chi connectivity index (χ0) is 19.9. The number of rotatable bonds is 4. The van der Waals surface area contributed by atoms with Gasteiger partial charge in [0, 0.05) is 18.1 Å². The minimum atomic E-state index is -1.47. The summed E-state index contributed by atoms with van der Waals surface area (Å²) in [6, 6.07) is 7.08. The topological polar surface area (TPSA) is 131 Å². The van der Waals surface area contributed by atoms with Gasteiger partial charge in [-0.05, 0) is 31.5 Å². The minimum absolute atomic E-state index is 0.0148. The van der Waals surface area contributed by atoms with Crippen LogP contribution in [-0.4, -0.2) is 37.2 Å². The van der Waals surface area contributed by atoms with E-state index in [1.165, 1.54) is 50.4 Å². The fourth-order valence-electron chi connectivity index (χ4n) is 2.78. The van der Waals surface area contributed by atoms with E-state index < -0.39 is 22.9 Å². The van der Waals surface area contributed by atoms with Crippen LogP contribution >= 0.6 is 0 Å². The van der Waals surface area contributed by atoms with E-state index in [0.29, 0.717) is 5.56 Å². The predicted molar refractivity (Wildman–Crippen MR) is 98.9 cm³/mol. The van der Waals surface area contributed by atoms with E-state index in [0.717, 1.165) is 0 Å². The van der Waals surface area contributed by atoms with Crippen molar-refractivity contribution in [3.63, 3.8) is 0 Å².